The number of fused-ring (bicyclic) bond motifs is 3. The molecular formula is C20H18ClNO2. The molecule has 0 aliphatic carbocycles. The molecule has 24 heavy (non-hydrogen) atoms. The fraction of sp³-hybridized carbons (Fsp3) is 0.200. The number of rotatable bonds is 2. The highest BCUT2D eigenvalue weighted by Gasteiger charge is 2.31. The second-order valence-electron chi connectivity index (χ2n) is 6.06. The van der Waals surface area contributed by atoms with Gasteiger partial charge in [0, 0.05) is 16.1 Å². The van der Waals surface area contributed by atoms with E-state index >= 15 is 0 Å². The lowest BCUT2D eigenvalue weighted by atomic mass is 9.90. The summed E-state index contributed by atoms with van der Waals surface area (Å²) >= 11 is 6.33. The molecule has 0 spiro atoms. The Balaban J connectivity index is 1.80. The van der Waals surface area contributed by atoms with Crippen molar-refractivity contribution in [3.63, 3.8) is 0 Å². The van der Waals surface area contributed by atoms with E-state index in [0.717, 1.165) is 39.8 Å². The first-order valence-electron chi connectivity index (χ1n) is 7.93. The van der Waals surface area contributed by atoms with Gasteiger partial charge in [0.05, 0.1) is 13.2 Å². The summed E-state index contributed by atoms with van der Waals surface area (Å²) < 4.78 is 11.6. The normalized spacial score (nSPS) is 19.6. The van der Waals surface area contributed by atoms with Gasteiger partial charge in [0.15, 0.2) is 0 Å². The van der Waals surface area contributed by atoms with Gasteiger partial charge in [-0.25, -0.2) is 0 Å². The molecule has 0 bridgehead atoms. The zero-order valence-corrected chi connectivity index (χ0v) is 14.1. The highest BCUT2D eigenvalue weighted by atomic mass is 35.5. The first-order chi connectivity index (χ1) is 11.7. The van der Waals surface area contributed by atoms with Crippen molar-refractivity contribution in [3.8, 4) is 11.5 Å². The zero-order chi connectivity index (χ0) is 16.7. The highest BCUT2D eigenvalue weighted by Crippen LogP contribution is 2.40. The SMILES string of the molecule is COc1ccc2ccc3c(c2c1)C[C@H](N)[C@@H](c1ccccc1Cl)O3. The second kappa shape index (κ2) is 6.00. The minimum atomic E-state index is -0.241. The molecule has 4 rings (SSSR count). The minimum absolute atomic E-state index is 0.158. The maximum atomic E-state index is 6.44. The van der Waals surface area contributed by atoms with Crippen molar-refractivity contribution >= 4 is 22.4 Å². The lowest BCUT2D eigenvalue weighted by Crippen LogP contribution is -2.37. The van der Waals surface area contributed by atoms with Gasteiger partial charge in [-0.1, -0.05) is 41.9 Å². The van der Waals surface area contributed by atoms with Crippen molar-refractivity contribution in [2.45, 2.75) is 18.6 Å². The Bertz CT molecular complexity index is 909. The van der Waals surface area contributed by atoms with E-state index in [2.05, 4.69) is 12.1 Å². The molecule has 0 fully saturated rings. The van der Waals surface area contributed by atoms with E-state index in [9.17, 15) is 0 Å². The number of nitrogens with two attached hydrogens (primary N) is 1. The molecule has 1 aliphatic rings. The average Bonchev–Trinajstić information content (AvgIpc) is 2.61. The smallest absolute Gasteiger partial charge is 0.140 e. The first kappa shape index (κ1) is 15.3. The lowest BCUT2D eigenvalue weighted by molar-refractivity contribution is 0.154. The molecule has 0 amide bonds. The number of hydrogen-bond acceptors (Lipinski definition) is 3. The van der Waals surface area contributed by atoms with E-state index < -0.39 is 0 Å². The Kier molecular flexibility index (Phi) is 3.83. The average molecular weight is 340 g/mol. The van der Waals surface area contributed by atoms with Gasteiger partial charge in [-0.2, -0.15) is 0 Å². The number of halogens is 1. The van der Waals surface area contributed by atoms with Crippen LogP contribution in [0.2, 0.25) is 5.02 Å². The molecular weight excluding hydrogens is 322 g/mol. The fourth-order valence-corrected chi connectivity index (χ4v) is 3.60. The molecule has 1 heterocycles. The molecule has 122 valence electrons. The highest BCUT2D eigenvalue weighted by molar-refractivity contribution is 6.31. The quantitative estimate of drug-likeness (QED) is 0.747. The Morgan fingerprint density at radius 3 is 2.71 bits per heavy atom. The van der Waals surface area contributed by atoms with Crippen molar-refractivity contribution in [1.29, 1.82) is 0 Å². The van der Waals surface area contributed by atoms with Crippen LogP contribution in [0, 0.1) is 0 Å². The molecule has 0 aromatic heterocycles. The zero-order valence-electron chi connectivity index (χ0n) is 13.3. The van der Waals surface area contributed by atoms with Crippen LogP contribution >= 0.6 is 11.6 Å². The molecule has 3 nitrogen and oxygen atoms in total. The summed E-state index contributed by atoms with van der Waals surface area (Å²) in [4.78, 5) is 0. The third kappa shape index (κ3) is 2.50. The first-order valence-corrected chi connectivity index (χ1v) is 8.31. The summed E-state index contributed by atoms with van der Waals surface area (Å²) in [5.74, 6) is 1.69. The van der Waals surface area contributed by atoms with Crippen LogP contribution in [-0.4, -0.2) is 13.2 Å². The van der Waals surface area contributed by atoms with E-state index in [0.29, 0.717) is 5.02 Å². The monoisotopic (exact) mass is 339 g/mol. The van der Waals surface area contributed by atoms with E-state index in [4.69, 9.17) is 26.8 Å². The number of methoxy groups -OCH3 is 1. The Labute approximate surface area is 145 Å². The third-order valence-corrected chi connectivity index (χ3v) is 4.94. The van der Waals surface area contributed by atoms with Crippen molar-refractivity contribution < 1.29 is 9.47 Å². The van der Waals surface area contributed by atoms with Crippen molar-refractivity contribution in [2.24, 2.45) is 5.73 Å². The number of benzene rings is 3. The van der Waals surface area contributed by atoms with Crippen LogP contribution in [0.25, 0.3) is 10.8 Å². The predicted octanol–water partition coefficient (Wildman–Crippen LogP) is 4.51. The molecule has 3 aromatic rings. The van der Waals surface area contributed by atoms with E-state index in [1.54, 1.807) is 7.11 Å². The Hall–Kier alpha value is -2.23. The molecule has 0 unspecified atom stereocenters. The molecule has 1 aliphatic heterocycles. The van der Waals surface area contributed by atoms with Gasteiger partial charge < -0.3 is 15.2 Å². The fourth-order valence-electron chi connectivity index (χ4n) is 3.36. The summed E-state index contributed by atoms with van der Waals surface area (Å²) in [5, 5.41) is 2.96. The van der Waals surface area contributed by atoms with Crippen LogP contribution in [-0.2, 0) is 6.42 Å². The molecule has 0 saturated carbocycles. The summed E-state index contributed by atoms with van der Waals surface area (Å²) in [5.41, 5.74) is 8.50. The van der Waals surface area contributed by atoms with Crippen molar-refractivity contribution in [2.75, 3.05) is 7.11 Å². The van der Waals surface area contributed by atoms with Crippen LogP contribution in [0.1, 0.15) is 17.2 Å². The summed E-state index contributed by atoms with van der Waals surface area (Å²) in [6.45, 7) is 0. The maximum Gasteiger partial charge on any atom is 0.140 e. The summed E-state index contributed by atoms with van der Waals surface area (Å²) in [6.07, 6.45) is 0.490. The van der Waals surface area contributed by atoms with Crippen molar-refractivity contribution in [3.05, 3.63) is 70.7 Å². The van der Waals surface area contributed by atoms with E-state index in [-0.39, 0.29) is 12.1 Å². The van der Waals surface area contributed by atoms with Crippen LogP contribution in [0.3, 0.4) is 0 Å². The van der Waals surface area contributed by atoms with Gasteiger partial charge >= 0.3 is 0 Å². The maximum absolute atomic E-state index is 6.44. The van der Waals surface area contributed by atoms with Crippen LogP contribution < -0.4 is 15.2 Å². The summed E-state index contributed by atoms with van der Waals surface area (Å²) in [7, 11) is 1.67. The Morgan fingerprint density at radius 1 is 1.12 bits per heavy atom. The number of ether oxygens (including phenoxy) is 2. The van der Waals surface area contributed by atoms with E-state index in [1.165, 1.54) is 0 Å². The second-order valence-corrected chi connectivity index (χ2v) is 6.46. The molecule has 4 heteroatoms. The van der Waals surface area contributed by atoms with Gasteiger partial charge in [-0.15, -0.1) is 0 Å². The molecule has 0 saturated heterocycles. The lowest BCUT2D eigenvalue weighted by Gasteiger charge is -2.33. The van der Waals surface area contributed by atoms with Gasteiger partial charge in [-0.05, 0) is 41.5 Å². The third-order valence-electron chi connectivity index (χ3n) is 4.59. The molecule has 3 aromatic carbocycles. The minimum Gasteiger partial charge on any atom is -0.497 e. The molecule has 2 atom stereocenters. The van der Waals surface area contributed by atoms with Crippen LogP contribution in [0.5, 0.6) is 11.5 Å². The largest absolute Gasteiger partial charge is 0.497 e. The van der Waals surface area contributed by atoms with Crippen molar-refractivity contribution in [1.82, 2.24) is 0 Å². The molecule has 0 radical (unpaired) electrons. The van der Waals surface area contributed by atoms with Crippen LogP contribution in [0.4, 0.5) is 0 Å². The standard InChI is InChI=1S/C20H18ClNO2/c1-23-13-8-6-12-7-9-19-16(15(12)10-13)11-18(22)20(24-19)14-4-2-3-5-17(14)21/h2-10,18,20H,11,22H2,1H3/t18-,20+/m0/s1. The van der Waals surface area contributed by atoms with Crippen LogP contribution in [0.15, 0.2) is 54.6 Å². The van der Waals surface area contributed by atoms with Gasteiger partial charge in [0.1, 0.15) is 17.6 Å². The molecule has 2 N–H and O–H groups in total. The topological polar surface area (TPSA) is 44.5 Å². The van der Waals surface area contributed by atoms with Gasteiger partial charge in [0.25, 0.3) is 0 Å². The van der Waals surface area contributed by atoms with Gasteiger partial charge in [0.2, 0.25) is 0 Å². The predicted molar refractivity (Wildman–Crippen MR) is 97.0 cm³/mol. The Morgan fingerprint density at radius 2 is 1.92 bits per heavy atom. The number of hydrogen-bond donors (Lipinski definition) is 1. The summed E-state index contributed by atoms with van der Waals surface area (Å²) in [6, 6.07) is 17.7. The van der Waals surface area contributed by atoms with Gasteiger partial charge in [-0.3, -0.25) is 0 Å². The van der Waals surface area contributed by atoms with E-state index in [1.807, 2.05) is 42.5 Å².